The second-order valence-corrected chi connectivity index (χ2v) is 7.31. The first-order valence-electron chi connectivity index (χ1n) is 7.44. The van der Waals surface area contributed by atoms with Crippen molar-refractivity contribution in [2.24, 2.45) is 17.6 Å². The summed E-state index contributed by atoms with van der Waals surface area (Å²) in [5.41, 5.74) is 8.84. The Morgan fingerprint density at radius 3 is 2.35 bits per heavy atom. The average Bonchev–Trinajstić information content (AvgIpc) is 2.85. The minimum absolute atomic E-state index is 0.160. The summed E-state index contributed by atoms with van der Waals surface area (Å²) in [6.45, 7) is 9.13. The van der Waals surface area contributed by atoms with E-state index >= 15 is 0 Å². The fourth-order valence-electron chi connectivity index (χ4n) is 3.57. The molecule has 3 nitrogen and oxygen atoms in total. The first kappa shape index (κ1) is 13.6. The lowest BCUT2D eigenvalue weighted by atomic mass is 9.86. The monoisotopic (exact) mass is 272 g/mol. The van der Waals surface area contributed by atoms with Crippen molar-refractivity contribution >= 4 is 5.91 Å². The summed E-state index contributed by atoms with van der Waals surface area (Å²) in [5, 5.41) is 0. The van der Waals surface area contributed by atoms with Crippen LogP contribution in [0.1, 0.15) is 44.9 Å². The van der Waals surface area contributed by atoms with Crippen LogP contribution in [0.3, 0.4) is 0 Å². The average molecular weight is 272 g/mol. The van der Waals surface area contributed by atoms with Gasteiger partial charge in [0.05, 0.1) is 6.04 Å². The van der Waals surface area contributed by atoms with Gasteiger partial charge in [0.2, 0.25) is 5.91 Å². The van der Waals surface area contributed by atoms with Crippen LogP contribution in [0, 0.1) is 11.8 Å². The summed E-state index contributed by atoms with van der Waals surface area (Å²) in [6.07, 6.45) is 0. The molecule has 1 aliphatic carbocycles. The highest BCUT2D eigenvalue weighted by molar-refractivity contribution is 5.74. The van der Waals surface area contributed by atoms with E-state index in [1.165, 1.54) is 11.1 Å². The maximum Gasteiger partial charge on any atom is 0.219 e. The van der Waals surface area contributed by atoms with Crippen molar-refractivity contribution in [3.05, 3.63) is 35.4 Å². The number of carbonyl (C=O) groups is 1. The van der Waals surface area contributed by atoms with Crippen molar-refractivity contribution in [2.75, 3.05) is 6.54 Å². The van der Waals surface area contributed by atoms with Crippen molar-refractivity contribution in [1.29, 1.82) is 0 Å². The summed E-state index contributed by atoms with van der Waals surface area (Å²) in [4.78, 5) is 13.8. The Bertz CT molecular complexity index is 529. The normalized spacial score (nSPS) is 32.1. The van der Waals surface area contributed by atoms with Gasteiger partial charge >= 0.3 is 0 Å². The largest absolute Gasteiger partial charge is 0.335 e. The third kappa shape index (κ3) is 2.05. The molecule has 1 aliphatic heterocycles. The second kappa shape index (κ2) is 4.32. The molecule has 1 amide bonds. The second-order valence-electron chi connectivity index (χ2n) is 7.31. The van der Waals surface area contributed by atoms with Gasteiger partial charge in [-0.3, -0.25) is 4.79 Å². The number of benzene rings is 1. The van der Waals surface area contributed by atoms with Gasteiger partial charge in [0.15, 0.2) is 0 Å². The van der Waals surface area contributed by atoms with Crippen LogP contribution in [0.2, 0.25) is 0 Å². The van der Waals surface area contributed by atoms with Gasteiger partial charge in [0, 0.05) is 25.4 Å². The molecule has 4 unspecified atom stereocenters. The van der Waals surface area contributed by atoms with Crippen LogP contribution < -0.4 is 5.73 Å². The Balaban J connectivity index is 1.89. The van der Waals surface area contributed by atoms with Gasteiger partial charge in [-0.25, -0.2) is 0 Å². The van der Waals surface area contributed by atoms with Crippen molar-refractivity contribution in [3.63, 3.8) is 0 Å². The van der Waals surface area contributed by atoms with E-state index < -0.39 is 0 Å². The number of carbonyl (C=O) groups excluding carboxylic acids is 1. The van der Waals surface area contributed by atoms with E-state index in [-0.39, 0.29) is 23.4 Å². The quantitative estimate of drug-likeness (QED) is 0.853. The summed E-state index contributed by atoms with van der Waals surface area (Å²) >= 11 is 0. The lowest BCUT2D eigenvalue weighted by molar-refractivity contribution is -0.130. The lowest BCUT2D eigenvalue weighted by Crippen LogP contribution is -2.35. The molecule has 1 aromatic carbocycles. The Hall–Kier alpha value is -1.35. The first-order valence-corrected chi connectivity index (χ1v) is 7.44. The minimum atomic E-state index is 0.160. The number of hydrogen-bond donors (Lipinski definition) is 1. The van der Waals surface area contributed by atoms with Crippen LogP contribution in [0.15, 0.2) is 24.3 Å². The van der Waals surface area contributed by atoms with Crippen LogP contribution in [-0.4, -0.2) is 23.4 Å². The van der Waals surface area contributed by atoms with Crippen molar-refractivity contribution < 1.29 is 4.79 Å². The molecule has 20 heavy (non-hydrogen) atoms. The van der Waals surface area contributed by atoms with Gasteiger partial charge < -0.3 is 10.6 Å². The number of amides is 1. The zero-order chi connectivity index (χ0) is 14.7. The highest BCUT2D eigenvalue weighted by Crippen LogP contribution is 2.55. The number of nitrogens with zero attached hydrogens (tertiary/aromatic N) is 1. The van der Waals surface area contributed by atoms with Crippen LogP contribution in [0.5, 0.6) is 0 Å². The van der Waals surface area contributed by atoms with Gasteiger partial charge in [0.1, 0.15) is 0 Å². The molecule has 0 bridgehead atoms. The summed E-state index contributed by atoms with van der Waals surface area (Å²) in [5.74, 6) is 1.12. The number of hydrogen-bond acceptors (Lipinski definition) is 2. The van der Waals surface area contributed by atoms with E-state index in [0.717, 1.165) is 6.54 Å². The fourth-order valence-corrected chi connectivity index (χ4v) is 3.57. The molecule has 1 heterocycles. The SMILES string of the molecule is CC(=O)N1CC2C(N)C2C1c1ccc(C(C)(C)C)cc1. The topological polar surface area (TPSA) is 46.3 Å². The number of likely N-dealkylation sites (tertiary alicyclic amines) is 1. The molecule has 4 atom stereocenters. The zero-order valence-corrected chi connectivity index (χ0v) is 12.8. The molecule has 0 spiro atoms. The van der Waals surface area contributed by atoms with Gasteiger partial charge in [-0.2, -0.15) is 0 Å². The van der Waals surface area contributed by atoms with Crippen molar-refractivity contribution in [3.8, 4) is 0 Å². The molecular formula is C17H24N2O. The molecule has 2 fully saturated rings. The third-order valence-electron chi connectivity index (χ3n) is 4.92. The molecule has 108 valence electrons. The van der Waals surface area contributed by atoms with E-state index in [4.69, 9.17) is 5.73 Å². The number of fused-ring (bicyclic) bond motifs is 1. The standard InChI is InChI=1S/C17H24N2O/c1-10(20)19-9-13-14(15(13)18)16(19)11-5-7-12(8-6-11)17(2,3)4/h5-8,13-16H,9,18H2,1-4H3. The molecule has 2 aliphatic rings. The lowest BCUT2D eigenvalue weighted by Gasteiger charge is -2.28. The Morgan fingerprint density at radius 2 is 1.85 bits per heavy atom. The highest BCUT2D eigenvalue weighted by atomic mass is 16.2. The summed E-state index contributed by atoms with van der Waals surface area (Å²) in [7, 11) is 0. The zero-order valence-electron chi connectivity index (χ0n) is 12.8. The number of nitrogens with two attached hydrogens (primary N) is 1. The predicted molar refractivity (Wildman–Crippen MR) is 80.2 cm³/mol. The minimum Gasteiger partial charge on any atom is -0.335 e. The molecule has 0 aromatic heterocycles. The maximum atomic E-state index is 11.8. The number of rotatable bonds is 1. The van der Waals surface area contributed by atoms with Crippen LogP contribution in [0.4, 0.5) is 0 Å². The van der Waals surface area contributed by atoms with E-state index in [1.807, 2.05) is 4.90 Å². The van der Waals surface area contributed by atoms with E-state index in [0.29, 0.717) is 11.8 Å². The van der Waals surface area contributed by atoms with Crippen LogP contribution in [-0.2, 0) is 10.2 Å². The van der Waals surface area contributed by atoms with E-state index in [2.05, 4.69) is 45.0 Å². The highest BCUT2D eigenvalue weighted by Gasteiger charge is 2.60. The van der Waals surface area contributed by atoms with E-state index in [1.54, 1.807) is 6.92 Å². The summed E-state index contributed by atoms with van der Waals surface area (Å²) < 4.78 is 0. The molecule has 3 rings (SSSR count). The van der Waals surface area contributed by atoms with Gasteiger partial charge in [-0.15, -0.1) is 0 Å². The fraction of sp³-hybridized carbons (Fsp3) is 0.588. The van der Waals surface area contributed by atoms with Crippen LogP contribution in [0.25, 0.3) is 0 Å². The van der Waals surface area contributed by atoms with Gasteiger partial charge in [0.25, 0.3) is 0 Å². The van der Waals surface area contributed by atoms with Gasteiger partial charge in [-0.05, 0) is 22.5 Å². The van der Waals surface area contributed by atoms with E-state index in [9.17, 15) is 4.79 Å². The number of piperidine rings is 1. The molecular weight excluding hydrogens is 248 g/mol. The first-order chi connectivity index (χ1) is 9.30. The Labute approximate surface area is 121 Å². The molecule has 0 radical (unpaired) electrons. The maximum absolute atomic E-state index is 11.8. The van der Waals surface area contributed by atoms with Crippen molar-refractivity contribution in [1.82, 2.24) is 4.90 Å². The molecule has 1 saturated heterocycles. The smallest absolute Gasteiger partial charge is 0.219 e. The Kier molecular flexibility index (Phi) is 2.94. The van der Waals surface area contributed by atoms with Crippen LogP contribution >= 0.6 is 0 Å². The molecule has 3 heteroatoms. The van der Waals surface area contributed by atoms with Gasteiger partial charge in [-0.1, -0.05) is 45.0 Å². The predicted octanol–water partition coefficient (Wildman–Crippen LogP) is 2.46. The third-order valence-corrected chi connectivity index (χ3v) is 4.92. The Morgan fingerprint density at radius 1 is 1.25 bits per heavy atom. The van der Waals surface area contributed by atoms with Crippen molar-refractivity contribution in [2.45, 2.75) is 45.2 Å². The molecule has 1 aromatic rings. The molecule has 1 saturated carbocycles. The molecule has 2 N–H and O–H groups in total. The summed E-state index contributed by atoms with van der Waals surface area (Å²) in [6, 6.07) is 9.19.